The fourth-order valence-electron chi connectivity index (χ4n) is 3.81. The zero-order chi connectivity index (χ0) is 22.0. The third-order valence-corrected chi connectivity index (χ3v) is 5.40. The number of aryl methyl sites for hydroxylation is 2. The maximum atomic E-state index is 14.0. The molecule has 2 aromatic heterocycles. The maximum Gasteiger partial charge on any atom is 0.256 e. The monoisotopic (exact) mass is 421 g/mol. The van der Waals surface area contributed by atoms with Crippen LogP contribution in [0.25, 0.3) is 5.82 Å². The summed E-state index contributed by atoms with van der Waals surface area (Å²) >= 11 is 0. The fourth-order valence-corrected chi connectivity index (χ4v) is 3.81. The van der Waals surface area contributed by atoms with Gasteiger partial charge in [-0.15, -0.1) is 0 Å². The molecular formula is C23H24FN5O2. The Morgan fingerprint density at radius 3 is 2.26 bits per heavy atom. The number of pyridine rings is 1. The number of hydrogen-bond acceptors (Lipinski definition) is 4. The lowest BCUT2D eigenvalue weighted by molar-refractivity contribution is 0.0716. The number of carbonyl (C=O) groups is 2. The third-order valence-electron chi connectivity index (χ3n) is 5.40. The average Bonchev–Trinajstić information content (AvgIpc) is 2.96. The molecule has 0 radical (unpaired) electrons. The Morgan fingerprint density at radius 2 is 1.65 bits per heavy atom. The van der Waals surface area contributed by atoms with Crippen molar-refractivity contribution in [2.24, 2.45) is 0 Å². The van der Waals surface area contributed by atoms with Crippen LogP contribution in [0.5, 0.6) is 0 Å². The predicted octanol–water partition coefficient (Wildman–Crippen LogP) is 3.01. The van der Waals surface area contributed by atoms with E-state index in [9.17, 15) is 14.0 Å². The van der Waals surface area contributed by atoms with Crippen molar-refractivity contribution in [2.45, 2.75) is 20.3 Å². The van der Waals surface area contributed by atoms with Crippen molar-refractivity contribution >= 4 is 11.8 Å². The highest BCUT2D eigenvalue weighted by Gasteiger charge is 2.25. The minimum atomic E-state index is -0.529. The second-order valence-corrected chi connectivity index (χ2v) is 7.66. The number of rotatable bonds is 3. The van der Waals surface area contributed by atoms with E-state index in [0.29, 0.717) is 44.0 Å². The van der Waals surface area contributed by atoms with Gasteiger partial charge >= 0.3 is 0 Å². The molecule has 0 saturated carbocycles. The van der Waals surface area contributed by atoms with Gasteiger partial charge in [0.05, 0.1) is 16.8 Å². The van der Waals surface area contributed by atoms with Gasteiger partial charge < -0.3 is 9.80 Å². The van der Waals surface area contributed by atoms with Crippen molar-refractivity contribution < 1.29 is 14.0 Å². The van der Waals surface area contributed by atoms with Crippen LogP contribution in [0.4, 0.5) is 4.39 Å². The van der Waals surface area contributed by atoms with Crippen molar-refractivity contribution in [2.75, 3.05) is 26.2 Å². The summed E-state index contributed by atoms with van der Waals surface area (Å²) in [5, 5.41) is 4.41. The number of benzene rings is 1. The molecule has 0 N–H and O–H groups in total. The third kappa shape index (κ3) is 4.33. The van der Waals surface area contributed by atoms with Gasteiger partial charge in [-0.05, 0) is 50.6 Å². The van der Waals surface area contributed by atoms with Crippen molar-refractivity contribution in [1.29, 1.82) is 0 Å². The number of aromatic nitrogens is 3. The van der Waals surface area contributed by atoms with Crippen LogP contribution in [0.15, 0.2) is 48.7 Å². The largest absolute Gasteiger partial charge is 0.337 e. The molecule has 1 aromatic carbocycles. The summed E-state index contributed by atoms with van der Waals surface area (Å²) < 4.78 is 15.7. The molecule has 0 unspecified atom stereocenters. The van der Waals surface area contributed by atoms with E-state index in [4.69, 9.17) is 0 Å². The average molecular weight is 421 g/mol. The molecule has 0 spiro atoms. The summed E-state index contributed by atoms with van der Waals surface area (Å²) in [5.74, 6) is -0.353. The topological polar surface area (TPSA) is 71.3 Å². The van der Waals surface area contributed by atoms with Gasteiger partial charge in [0.25, 0.3) is 11.8 Å². The van der Waals surface area contributed by atoms with Crippen LogP contribution in [-0.2, 0) is 0 Å². The van der Waals surface area contributed by atoms with Gasteiger partial charge in [-0.25, -0.2) is 14.1 Å². The predicted molar refractivity (Wildman–Crippen MR) is 114 cm³/mol. The molecule has 2 amide bonds. The van der Waals surface area contributed by atoms with Gasteiger partial charge in [-0.2, -0.15) is 5.10 Å². The highest BCUT2D eigenvalue weighted by Crippen LogP contribution is 2.15. The summed E-state index contributed by atoms with van der Waals surface area (Å²) in [6, 6.07) is 11.5. The Bertz CT molecular complexity index is 1110. The number of amides is 2. The summed E-state index contributed by atoms with van der Waals surface area (Å²) in [7, 11) is 0. The van der Waals surface area contributed by atoms with Crippen molar-refractivity contribution in [3.63, 3.8) is 0 Å². The molecule has 4 rings (SSSR count). The van der Waals surface area contributed by atoms with E-state index in [0.717, 1.165) is 11.4 Å². The van der Waals surface area contributed by atoms with Crippen LogP contribution in [0.1, 0.15) is 38.5 Å². The number of halogens is 1. The second kappa shape index (κ2) is 8.67. The first-order valence-electron chi connectivity index (χ1n) is 10.3. The summed E-state index contributed by atoms with van der Waals surface area (Å²) in [6.07, 6.45) is 2.19. The lowest BCUT2D eigenvalue weighted by Gasteiger charge is -2.22. The lowest BCUT2D eigenvalue weighted by atomic mass is 10.2. The van der Waals surface area contributed by atoms with Crippen LogP contribution < -0.4 is 0 Å². The van der Waals surface area contributed by atoms with E-state index in [-0.39, 0.29) is 17.4 Å². The standard InChI is InChI=1S/C23H24FN5O2/c1-16-14-17(2)29(26-16)21-9-8-18(15-25-21)22(30)27-10-5-11-28(13-12-27)23(31)19-6-3-4-7-20(19)24/h3-4,6-9,14-15H,5,10-13H2,1-2H3. The summed E-state index contributed by atoms with van der Waals surface area (Å²) in [4.78, 5) is 33.4. The lowest BCUT2D eigenvalue weighted by Crippen LogP contribution is -2.37. The molecule has 0 aliphatic carbocycles. The van der Waals surface area contributed by atoms with Crippen molar-refractivity contribution in [1.82, 2.24) is 24.6 Å². The van der Waals surface area contributed by atoms with Gasteiger partial charge in [-0.3, -0.25) is 9.59 Å². The Kier molecular flexibility index (Phi) is 5.79. The summed E-state index contributed by atoms with van der Waals surface area (Å²) in [6.45, 7) is 5.62. The van der Waals surface area contributed by atoms with Crippen LogP contribution >= 0.6 is 0 Å². The summed E-state index contributed by atoms with van der Waals surface area (Å²) in [5.41, 5.74) is 2.42. The SMILES string of the molecule is Cc1cc(C)n(-c2ccc(C(=O)N3CCCN(C(=O)c4ccccc4F)CC3)cn2)n1. The van der Waals surface area contributed by atoms with Gasteiger partial charge in [0.15, 0.2) is 5.82 Å². The maximum absolute atomic E-state index is 14.0. The second-order valence-electron chi connectivity index (χ2n) is 7.66. The minimum absolute atomic E-state index is 0.0613. The molecule has 0 bridgehead atoms. The molecular weight excluding hydrogens is 397 g/mol. The molecule has 3 aromatic rings. The van der Waals surface area contributed by atoms with Gasteiger partial charge in [0.2, 0.25) is 0 Å². The molecule has 3 heterocycles. The zero-order valence-corrected chi connectivity index (χ0v) is 17.6. The first-order valence-corrected chi connectivity index (χ1v) is 10.3. The Balaban J connectivity index is 1.43. The quantitative estimate of drug-likeness (QED) is 0.652. The number of nitrogens with zero attached hydrogens (tertiary/aromatic N) is 5. The Morgan fingerprint density at radius 1 is 0.935 bits per heavy atom. The highest BCUT2D eigenvalue weighted by atomic mass is 19.1. The van der Waals surface area contributed by atoms with Crippen molar-refractivity contribution in [3.05, 3.63) is 77.0 Å². The van der Waals surface area contributed by atoms with E-state index in [2.05, 4.69) is 10.1 Å². The highest BCUT2D eigenvalue weighted by molar-refractivity contribution is 5.95. The van der Waals surface area contributed by atoms with E-state index in [1.807, 2.05) is 19.9 Å². The fraction of sp³-hybridized carbons (Fsp3) is 0.304. The molecule has 8 heteroatoms. The molecule has 1 fully saturated rings. The van der Waals surface area contributed by atoms with Crippen LogP contribution in [0.2, 0.25) is 0 Å². The van der Waals surface area contributed by atoms with Crippen LogP contribution in [-0.4, -0.2) is 62.6 Å². The molecule has 1 aliphatic rings. The number of hydrogen-bond donors (Lipinski definition) is 0. The van der Waals surface area contributed by atoms with Crippen LogP contribution in [0, 0.1) is 19.7 Å². The first-order chi connectivity index (χ1) is 14.9. The Labute approximate surface area is 180 Å². The molecule has 1 saturated heterocycles. The molecule has 0 atom stereocenters. The molecule has 31 heavy (non-hydrogen) atoms. The van der Waals surface area contributed by atoms with E-state index in [1.165, 1.54) is 12.1 Å². The van der Waals surface area contributed by atoms with Crippen LogP contribution in [0.3, 0.4) is 0 Å². The van der Waals surface area contributed by atoms with E-state index >= 15 is 0 Å². The van der Waals surface area contributed by atoms with E-state index < -0.39 is 5.82 Å². The van der Waals surface area contributed by atoms with Gasteiger partial charge in [-0.1, -0.05) is 12.1 Å². The molecule has 160 valence electrons. The van der Waals surface area contributed by atoms with E-state index in [1.54, 1.807) is 44.9 Å². The molecule has 7 nitrogen and oxygen atoms in total. The Hall–Kier alpha value is -3.55. The molecule has 1 aliphatic heterocycles. The normalized spacial score (nSPS) is 14.4. The van der Waals surface area contributed by atoms with Gasteiger partial charge in [0, 0.05) is 38.1 Å². The van der Waals surface area contributed by atoms with Gasteiger partial charge in [0.1, 0.15) is 5.82 Å². The first kappa shape index (κ1) is 20.7. The zero-order valence-electron chi connectivity index (χ0n) is 17.6. The smallest absolute Gasteiger partial charge is 0.256 e. The minimum Gasteiger partial charge on any atom is -0.337 e. The van der Waals surface area contributed by atoms with Crippen molar-refractivity contribution in [3.8, 4) is 5.82 Å². The number of carbonyl (C=O) groups excluding carboxylic acids is 2.